The van der Waals surface area contributed by atoms with Crippen molar-refractivity contribution in [3.63, 3.8) is 0 Å². The van der Waals surface area contributed by atoms with Gasteiger partial charge in [0, 0.05) is 13.1 Å². The van der Waals surface area contributed by atoms with Gasteiger partial charge in [-0.05, 0) is 60.2 Å². The molecule has 0 aromatic carbocycles. The molecule has 4 unspecified atom stereocenters. The van der Waals surface area contributed by atoms with Crippen LogP contribution in [0.2, 0.25) is 0 Å². The fourth-order valence-electron chi connectivity index (χ4n) is 7.70. The Kier molecular flexibility index (Phi) is 10.9. The van der Waals surface area contributed by atoms with Crippen molar-refractivity contribution in [2.24, 2.45) is 39.7 Å². The lowest BCUT2D eigenvalue weighted by atomic mass is 9.70. The predicted octanol–water partition coefficient (Wildman–Crippen LogP) is 2.61. The van der Waals surface area contributed by atoms with Crippen LogP contribution in [0.4, 0.5) is 9.59 Å². The number of primary amides is 1. The molecule has 4 rings (SSSR count). The van der Waals surface area contributed by atoms with Crippen molar-refractivity contribution in [3.8, 4) is 0 Å². The van der Waals surface area contributed by atoms with E-state index in [2.05, 4.69) is 35.1 Å². The van der Waals surface area contributed by atoms with Crippen LogP contribution in [0, 0.1) is 34.0 Å². The molecule has 0 aromatic heterocycles. The summed E-state index contributed by atoms with van der Waals surface area (Å²) in [6.45, 7) is 14.4. The number of carbonyl (C=O) groups is 6. The Morgan fingerprint density at radius 2 is 1.60 bits per heavy atom. The first-order valence-corrected chi connectivity index (χ1v) is 17.3. The summed E-state index contributed by atoms with van der Waals surface area (Å²) >= 11 is 0. The number of hydrogen-bond acceptors (Lipinski definition) is 7. The van der Waals surface area contributed by atoms with Gasteiger partial charge in [0.15, 0.2) is 0 Å². The van der Waals surface area contributed by atoms with Gasteiger partial charge in [-0.2, -0.15) is 0 Å². The van der Waals surface area contributed by atoms with Gasteiger partial charge in [-0.1, -0.05) is 73.6 Å². The molecule has 47 heavy (non-hydrogen) atoms. The van der Waals surface area contributed by atoms with E-state index < -0.39 is 64.7 Å². The van der Waals surface area contributed by atoms with Gasteiger partial charge in [-0.25, -0.2) is 9.59 Å². The number of rotatable bonds is 13. The second-order valence-electron chi connectivity index (χ2n) is 16.2. The number of fused-ring (bicyclic) bond motifs is 1. The fraction of sp³-hybridized carbons (Fsp3) is 0.824. The quantitative estimate of drug-likeness (QED) is 0.188. The van der Waals surface area contributed by atoms with Gasteiger partial charge in [0.2, 0.25) is 17.6 Å². The van der Waals surface area contributed by atoms with Crippen molar-refractivity contribution in [1.82, 2.24) is 26.2 Å². The first kappa shape index (κ1) is 36.5. The SMILES string of the molecule is CCNC(=O)OC[C@@H](NC(=O)NC(C(=O)N1C[C@H]2C(C1C(=O)NC(CC1CC1)C(=O)C(N)=O)C2(C)C)C1(C)CCCCC1)C(C)(C)C. The van der Waals surface area contributed by atoms with Crippen LogP contribution >= 0.6 is 0 Å². The van der Waals surface area contributed by atoms with Crippen LogP contribution in [-0.2, 0) is 23.9 Å². The zero-order chi connectivity index (χ0) is 34.9. The molecule has 1 aliphatic heterocycles. The molecule has 3 aliphatic carbocycles. The lowest BCUT2D eigenvalue weighted by Gasteiger charge is -2.43. The summed E-state index contributed by atoms with van der Waals surface area (Å²) in [5.41, 5.74) is 4.12. The molecule has 0 spiro atoms. The maximum absolute atomic E-state index is 14.6. The zero-order valence-corrected chi connectivity index (χ0v) is 29.2. The number of hydrogen-bond donors (Lipinski definition) is 5. The number of likely N-dealkylation sites (tertiary alicyclic amines) is 1. The number of ketones is 1. The van der Waals surface area contributed by atoms with Crippen LogP contribution in [0.5, 0.6) is 0 Å². The number of amides is 6. The molecule has 264 valence electrons. The van der Waals surface area contributed by atoms with Gasteiger partial charge in [0.25, 0.3) is 5.91 Å². The average Bonchev–Trinajstić information content (AvgIpc) is 3.84. The summed E-state index contributed by atoms with van der Waals surface area (Å²) in [6.07, 6.45) is 5.92. The molecular weight excluding hydrogens is 604 g/mol. The predicted molar refractivity (Wildman–Crippen MR) is 175 cm³/mol. The highest BCUT2D eigenvalue weighted by Gasteiger charge is 2.70. The van der Waals surface area contributed by atoms with E-state index >= 15 is 0 Å². The maximum atomic E-state index is 14.6. The Hall–Kier alpha value is -3.38. The van der Waals surface area contributed by atoms with Crippen molar-refractivity contribution in [2.45, 2.75) is 124 Å². The van der Waals surface area contributed by atoms with Crippen LogP contribution in [0.25, 0.3) is 0 Å². The van der Waals surface area contributed by atoms with E-state index in [-0.39, 0.29) is 35.7 Å². The molecule has 13 nitrogen and oxygen atoms in total. The minimum Gasteiger partial charge on any atom is -0.447 e. The molecule has 3 saturated carbocycles. The van der Waals surface area contributed by atoms with Gasteiger partial charge in [0.1, 0.15) is 18.7 Å². The number of alkyl carbamates (subject to hydrolysis) is 1. The molecule has 6 amide bonds. The van der Waals surface area contributed by atoms with Crippen LogP contribution in [-0.4, -0.2) is 84.4 Å². The topological polar surface area (TPSA) is 189 Å². The van der Waals surface area contributed by atoms with Crippen molar-refractivity contribution in [2.75, 3.05) is 19.7 Å². The van der Waals surface area contributed by atoms with Crippen LogP contribution < -0.4 is 27.0 Å². The Labute approximate surface area is 278 Å². The molecule has 0 aromatic rings. The average molecular weight is 661 g/mol. The zero-order valence-electron chi connectivity index (χ0n) is 29.2. The van der Waals surface area contributed by atoms with E-state index in [1.54, 1.807) is 11.8 Å². The highest BCUT2D eigenvalue weighted by atomic mass is 16.5. The number of urea groups is 1. The summed E-state index contributed by atoms with van der Waals surface area (Å²) < 4.78 is 5.34. The largest absolute Gasteiger partial charge is 0.447 e. The van der Waals surface area contributed by atoms with E-state index in [9.17, 15) is 28.8 Å². The number of nitrogens with two attached hydrogens (primary N) is 1. The highest BCUT2D eigenvalue weighted by molar-refractivity contribution is 6.37. The number of nitrogens with zero attached hydrogens (tertiary/aromatic N) is 1. The summed E-state index contributed by atoms with van der Waals surface area (Å²) in [7, 11) is 0. The van der Waals surface area contributed by atoms with Crippen molar-refractivity contribution < 1.29 is 33.5 Å². The van der Waals surface area contributed by atoms with E-state index in [1.807, 2.05) is 27.7 Å². The smallest absolute Gasteiger partial charge is 0.407 e. The Balaban J connectivity index is 1.56. The second kappa shape index (κ2) is 14.0. The van der Waals surface area contributed by atoms with Gasteiger partial charge >= 0.3 is 12.1 Å². The summed E-state index contributed by atoms with van der Waals surface area (Å²) in [5, 5.41) is 11.3. The van der Waals surface area contributed by atoms with E-state index in [1.165, 1.54) is 0 Å². The van der Waals surface area contributed by atoms with Crippen LogP contribution in [0.15, 0.2) is 0 Å². The molecule has 4 fully saturated rings. The summed E-state index contributed by atoms with van der Waals surface area (Å²) in [4.78, 5) is 80.4. The molecule has 13 heteroatoms. The summed E-state index contributed by atoms with van der Waals surface area (Å²) in [5.74, 6) is -2.52. The van der Waals surface area contributed by atoms with Gasteiger partial charge in [-0.3, -0.25) is 19.2 Å². The standard InChI is InChI=1S/C34H56N6O7/c1-8-36-31(46)47-18-22(32(2,3)4)38-30(45)39-26(34(7)14-10-9-11-15-34)29(44)40-17-20-23(33(20,5)6)24(40)28(43)37-21(16-19-12-13-19)25(41)27(35)42/h19-24,26H,8-18H2,1-7H3,(H2,35,42)(H,36,46)(H,37,43)(H2,38,39,45)/t20-,21?,22+,23?,24?,26?/m0/s1. The molecule has 0 bridgehead atoms. The molecule has 6 atom stereocenters. The van der Waals surface area contributed by atoms with Gasteiger partial charge < -0.3 is 36.6 Å². The van der Waals surface area contributed by atoms with Crippen LogP contribution in [0.3, 0.4) is 0 Å². The second-order valence-corrected chi connectivity index (χ2v) is 16.2. The normalized spacial score (nSPS) is 26.1. The van der Waals surface area contributed by atoms with E-state index in [0.717, 1.165) is 44.9 Å². The lowest BCUT2D eigenvalue weighted by Crippen LogP contribution is -2.63. The van der Waals surface area contributed by atoms with E-state index in [4.69, 9.17) is 10.5 Å². The Morgan fingerprint density at radius 3 is 2.15 bits per heavy atom. The number of Topliss-reactive ketones (excluding diaryl/α,β-unsaturated/α-hetero) is 1. The third-order valence-electron chi connectivity index (χ3n) is 11.2. The monoisotopic (exact) mass is 660 g/mol. The molecule has 4 aliphatic rings. The third kappa shape index (κ3) is 8.38. The van der Waals surface area contributed by atoms with Crippen molar-refractivity contribution >= 4 is 35.6 Å². The lowest BCUT2D eigenvalue weighted by molar-refractivity contribution is -0.145. The summed E-state index contributed by atoms with van der Waals surface area (Å²) in [6, 6.07) is -3.91. The molecule has 1 saturated heterocycles. The molecule has 6 N–H and O–H groups in total. The number of nitrogens with one attached hydrogen (secondary N) is 4. The minimum atomic E-state index is -1.09. The maximum Gasteiger partial charge on any atom is 0.407 e. The van der Waals surface area contributed by atoms with Crippen molar-refractivity contribution in [3.05, 3.63) is 0 Å². The minimum absolute atomic E-state index is 0.0580. The molecule has 1 heterocycles. The number of ether oxygens (including phenoxy) is 1. The van der Waals surface area contributed by atoms with Gasteiger partial charge in [-0.15, -0.1) is 0 Å². The Bertz CT molecular complexity index is 1240. The number of carbonyl (C=O) groups excluding carboxylic acids is 6. The first-order chi connectivity index (χ1) is 21.9. The fourth-order valence-corrected chi connectivity index (χ4v) is 7.70. The molecular formula is C34H56N6O7. The van der Waals surface area contributed by atoms with Gasteiger partial charge in [0.05, 0.1) is 12.1 Å². The number of piperidine rings is 1. The van der Waals surface area contributed by atoms with Crippen molar-refractivity contribution in [1.29, 1.82) is 0 Å². The van der Waals surface area contributed by atoms with Crippen LogP contribution in [0.1, 0.15) is 99.8 Å². The Morgan fingerprint density at radius 1 is 0.957 bits per heavy atom. The molecule has 0 radical (unpaired) electrons. The highest BCUT2D eigenvalue weighted by Crippen LogP contribution is 2.65. The van der Waals surface area contributed by atoms with E-state index in [0.29, 0.717) is 19.5 Å². The first-order valence-electron chi connectivity index (χ1n) is 17.3. The third-order valence-corrected chi connectivity index (χ3v) is 11.2.